The molecular formula is C23H22N2O4S2. The number of carbonyl (C=O) groups is 1. The number of hydrogen-bond acceptors (Lipinski definition) is 7. The fraction of sp³-hybridized carbons (Fsp3) is 0.261. The second kappa shape index (κ2) is 8.64. The normalized spacial score (nSPS) is 16.1. The number of fused-ring (bicyclic) bond motifs is 1. The number of allylic oxidation sites excluding steroid dienone is 1. The number of ether oxygens (including phenoxy) is 2. The first kappa shape index (κ1) is 21.3. The van der Waals surface area contributed by atoms with Gasteiger partial charge in [0.2, 0.25) is 0 Å². The lowest BCUT2D eigenvalue weighted by molar-refractivity contribution is -0.139. The number of hydrogen-bond donors (Lipinski definition) is 0. The van der Waals surface area contributed by atoms with Gasteiger partial charge < -0.3 is 9.47 Å². The van der Waals surface area contributed by atoms with Gasteiger partial charge in [0.1, 0.15) is 11.8 Å². The third-order valence-electron chi connectivity index (χ3n) is 5.11. The van der Waals surface area contributed by atoms with Crippen LogP contribution in [0.1, 0.15) is 35.9 Å². The lowest BCUT2D eigenvalue weighted by Crippen LogP contribution is -2.40. The predicted octanol–water partition coefficient (Wildman–Crippen LogP) is 3.18. The van der Waals surface area contributed by atoms with Gasteiger partial charge in [0.15, 0.2) is 4.80 Å². The van der Waals surface area contributed by atoms with Gasteiger partial charge in [-0.2, -0.15) is 0 Å². The Bertz CT molecular complexity index is 1360. The van der Waals surface area contributed by atoms with Crippen molar-refractivity contribution in [1.82, 2.24) is 4.57 Å². The summed E-state index contributed by atoms with van der Waals surface area (Å²) in [6.45, 7) is 5.77. The number of methoxy groups -OCH3 is 1. The molecule has 0 amide bonds. The number of thiophene rings is 1. The van der Waals surface area contributed by atoms with Crippen molar-refractivity contribution >= 4 is 34.7 Å². The second-order valence-corrected chi connectivity index (χ2v) is 8.97. The molecule has 8 heteroatoms. The Hall–Kier alpha value is -2.97. The van der Waals surface area contributed by atoms with Crippen molar-refractivity contribution in [3.05, 3.63) is 82.7 Å². The maximum Gasteiger partial charge on any atom is 0.338 e. The maximum absolute atomic E-state index is 13.5. The summed E-state index contributed by atoms with van der Waals surface area (Å²) in [5.74, 6) is 0.107. The van der Waals surface area contributed by atoms with Gasteiger partial charge in [-0.25, -0.2) is 9.79 Å². The molecule has 3 aromatic rings. The number of para-hydroxylation sites is 1. The highest BCUT2D eigenvalue weighted by molar-refractivity contribution is 7.11. The van der Waals surface area contributed by atoms with E-state index in [1.807, 2.05) is 48.7 Å². The van der Waals surface area contributed by atoms with Crippen LogP contribution in [-0.4, -0.2) is 24.3 Å². The van der Waals surface area contributed by atoms with Crippen LogP contribution in [0.5, 0.6) is 5.75 Å². The monoisotopic (exact) mass is 454 g/mol. The fourth-order valence-corrected chi connectivity index (χ4v) is 5.59. The van der Waals surface area contributed by atoms with Gasteiger partial charge in [-0.15, -0.1) is 11.3 Å². The minimum Gasteiger partial charge on any atom is -0.496 e. The summed E-state index contributed by atoms with van der Waals surface area (Å²) in [6.07, 6.45) is 1.90. The quantitative estimate of drug-likeness (QED) is 0.556. The molecule has 2 aromatic heterocycles. The van der Waals surface area contributed by atoms with Crippen molar-refractivity contribution in [1.29, 1.82) is 0 Å². The van der Waals surface area contributed by atoms with Gasteiger partial charge >= 0.3 is 5.97 Å². The first-order chi connectivity index (χ1) is 15.0. The Kier molecular flexibility index (Phi) is 5.93. The predicted molar refractivity (Wildman–Crippen MR) is 122 cm³/mol. The molecule has 0 unspecified atom stereocenters. The SMILES string of the molecule is CCOC(=O)C1=C(C)N=c2s/c(=C\c3sccc3C)c(=O)n2[C@H]1c1ccccc1OC. The van der Waals surface area contributed by atoms with Gasteiger partial charge in [0.25, 0.3) is 5.56 Å². The van der Waals surface area contributed by atoms with E-state index >= 15 is 0 Å². The van der Waals surface area contributed by atoms with Crippen LogP contribution in [-0.2, 0) is 9.53 Å². The third-order valence-corrected chi connectivity index (χ3v) is 7.06. The number of aromatic nitrogens is 1. The van der Waals surface area contributed by atoms with Crippen molar-refractivity contribution in [3.8, 4) is 5.75 Å². The Morgan fingerprint density at radius 1 is 1.26 bits per heavy atom. The Morgan fingerprint density at radius 2 is 2.03 bits per heavy atom. The molecule has 0 N–H and O–H groups in total. The lowest BCUT2D eigenvalue weighted by atomic mass is 9.95. The van der Waals surface area contributed by atoms with Crippen LogP contribution in [0.2, 0.25) is 0 Å². The molecule has 1 aliphatic rings. The van der Waals surface area contributed by atoms with Crippen LogP contribution in [0.15, 0.2) is 56.8 Å². The van der Waals surface area contributed by atoms with Crippen molar-refractivity contribution in [2.45, 2.75) is 26.8 Å². The van der Waals surface area contributed by atoms with Gasteiger partial charge in [0, 0.05) is 10.4 Å². The first-order valence-electron chi connectivity index (χ1n) is 9.83. The van der Waals surface area contributed by atoms with Crippen LogP contribution in [0, 0.1) is 6.92 Å². The summed E-state index contributed by atoms with van der Waals surface area (Å²) in [4.78, 5) is 32.6. The molecule has 0 fully saturated rings. The molecule has 3 heterocycles. The minimum atomic E-state index is -0.682. The second-order valence-electron chi connectivity index (χ2n) is 7.01. The molecule has 160 valence electrons. The summed E-state index contributed by atoms with van der Waals surface area (Å²) in [5, 5.41) is 2.00. The Balaban J connectivity index is 2.01. The molecule has 1 atom stereocenters. The van der Waals surface area contributed by atoms with Gasteiger partial charge in [-0.3, -0.25) is 9.36 Å². The summed E-state index contributed by atoms with van der Waals surface area (Å²) in [6, 6.07) is 8.74. The number of nitrogens with zero attached hydrogens (tertiary/aromatic N) is 2. The lowest BCUT2D eigenvalue weighted by Gasteiger charge is -2.25. The number of esters is 1. The number of thiazole rings is 1. The van der Waals surface area contributed by atoms with Crippen molar-refractivity contribution in [2.24, 2.45) is 4.99 Å². The summed E-state index contributed by atoms with van der Waals surface area (Å²) < 4.78 is 13.0. The molecule has 1 aromatic carbocycles. The molecule has 1 aliphatic heterocycles. The van der Waals surface area contributed by atoms with Gasteiger partial charge in [-0.1, -0.05) is 29.5 Å². The highest BCUT2D eigenvalue weighted by Crippen LogP contribution is 2.35. The van der Waals surface area contributed by atoms with Crippen molar-refractivity contribution in [2.75, 3.05) is 13.7 Å². The molecular weight excluding hydrogens is 432 g/mol. The molecule has 6 nitrogen and oxygen atoms in total. The zero-order valence-electron chi connectivity index (χ0n) is 17.7. The van der Waals surface area contributed by atoms with Crippen LogP contribution in [0.4, 0.5) is 0 Å². The zero-order valence-corrected chi connectivity index (χ0v) is 19.3. The fourth-order valence-electron chi connectivity index (χ4n) is 3.63. The highest BCUT2D eigenvalue weighted by Gasteiger charge is 2.34. The Morgan fingerprint density at radius 3 is 2.71 bits per heavy atom. The van der Waals surface area contributed by atoms with Gasteiger partial charge in [-0.05, 0) is 49.9 Å². The Labute approximate surface area is 187 Å². The number of benzene rings is 1. The van der Waals surface area contributed by atoms with Crippen LogP contribution < -0.4 is 19.6 Å². The maximum atomic E-state index is 13.5. The smallest absolute Gasteiger partial charge is 0.338 e. The highest BCUT2D eigenvalue weighted by atomic mass is 32.1. The number of rotatable bonds is 5. The largest absolute Gasteiger partial charge is 0.496 e. The van der Waals surface area contributed by atoms with E-state index in [1.54, 1.807) is 36.9 Å². The number of aryl methyl sites for hydroxylation is 1. The average molecular weight is 455 g/mol. The molecule has 0 saturated carbocycles. The summed E-state index contributed by atoms with van der Waals surface area (Å²) in [7, 11) is 1.57. The molecule has 0 aliphatic carbocycles. The standard InChI is InChI=1S/C23H22N2O4S2/c1-5-29-22(27)19-14(3)24-23-25(20(19)15-8-6-7-9-16(15)28-4)21(26)18(31-23)12-17-13(2)10-11-30-17/h6-12,20H,5H2,1-4H3/b18-12-/t20-/m0/s1. The van der Waals surface area contributed by atoms with Crippen LogP contribution in [0.25, 0.3) is 6.08 Å². The minimum absolute atomic E-state index is 0.193. The van der Waals surface area contributed by atoms with E-state index in [0.717, 1.165) is 10.4 Å². The van der Waals surface area contributed by atoms with Crippen LogP contribution in [0.3, 0.4) is 0 Å². The molecule has 0 radical (unpaired) electrons. The average Bonchev–Trinajstić information content (AvgIpc) is 3.30. The van der Waals surface area contributed by atoms with E-state index in [2.05, 4.69) is 4.99 Å². The topological polar surface area (TPSA) is 69.9 Å². The summed E-state index contributed by atoms with van der Waals surface area (Å²) in [5.41, 5.74) is 2.51. The van der Waals surface area contributed by atoms with E-state index in [0.29, 0.717) is 31.9 Å². The number of carbonyl (C=O) groups excluding carboxylic acids is 1. The van der Waals surface area contributed by atoms with E-state index < -0.39 is 12.0 Å². The molecule has 0 saturated heterocycles. The molecule has 0 bridgehead atoms. The third kappa shape index (κ3) is 3.77. The molecule has 31 heavy (non-hydrogen) atoms. The van der Waals surface area contributed by atoms with Crippen LogP contribution >= 0.6 is 22.7 Å². The molecule has 4 rings (SSSR count). The zero-order chi connectivity index (χ0) is 22.1. The van der Waals surface area contributed by atoms with Gasteiger partial charge in [0.05, 0.1) is 29.5 Å². The van der Waals surface area contributed by atoms with Crippen molar-refractivity contribution < 1.29 is 14.3 Å². The first-order valence-corrected chi connectivity index (χ1v) is 11.5. The van der Waals surface area contributed by atoms with E-state index in [-0.39, 0.29) is 12.2 Å². The summed E-state index contributed by atoms with van der Waals surface area (Å²) >= 11 is 2.90. The van der Waals surface area contributed by atoms with E-state index in [1.165, 1.54) is 11.3 Å². The van der Waals surface area contributed by atoms with E-state index in [9.17, 15) is 9.59 Å². The molecule has 0 spiro atoms. The van der Waals surface area contributed by atoms with E-state index in [4.69, 9.17) is 9.47 Å². The van der Waals surface area contributed by atoms with Crippen molar-refractivity contribution in [3.63, 3.8) is 0 Å².